The topological polar surface area (TPSA) is 96.3 Å². The standard InChI is InChI=1S/C30H27N5O3S/c1-31-27(36)17-18-35-24-14-13-22(34(2)29(38)21-11-7-4-8-12-21)19-23(24)32-30(35)33-28(37)26-16-15-25(39-26)20-9-5-3-6-10-20/h3-16,19H,17-18H2,1-2H3,(H,31,36)(H,32,33,37). The molecular formula is C30H27N5O3S. The number of benzene rings is 3. The van der Waals surface area contributed by atoms with Gasteiger partial charge in [0.2, 0.25) is 11.9 Å². The second-order valence-corrected chi connectivity index (χ2v) is 9.98. The van der Waals surface area contributed by atoms with E-state index in [2.05, 4.69) is 15.6 Å². The Hall–Kier alpha value is -4.76. The second kappa shape index (κ2) is 11.3. The summed E-state index contributed by atoms with van der Waals surface area (Å²) in [4.78, 5) is 46.0. The molecule has 0 atom stereocenters. The van der Waals surface area contributed by atoms with E-state index in [0.29, 0.717) is 34.1 Å². The molecule has 39 heavy (non-hydrogen) atoms. The summed E-state index contributed by atoms with van der Waals surface area (Å²) in [5, 5.41) is 5.56. The van der Waals surface area contributed by atoms with Crippen molar-refractivity contribution in [1.82, 2.24) is 14.9 Å². The van der Waals surface area contributed by atoms with Gasteiger partial charge in [0, 0.05) is 43.2 Å². The SMILES string of the molecule is CNC(=O)CCn1c(NC(=O)c2ccc(-c3ccccc3)s2)nc2cc(N(C)C(=O)c3ccccc3)ccc21. The van der Waals surface area contributed by atoms with Gasteiger partial charge in [0.05, 0.1) is 15.9 Å². The molecule has 196 valence electrons. The van der Waals surface area contributed by atoms with Crippen molar-refractivity contribution in [3.63, 3.8) is 0 Å². The summed E-state index contributed by atoms with van der Waals surface area (Å²) < 4.78 is 1.82. The van der Waals surface area contributed by atoms with Gasteiger partial charge in [-0.1, -0.05) is 48.5 Å². The Labute approximate surface area is 229 Å². The molecule has 0 aliphatic heterocycles. The number of carbonyl (C=O) groups is 3. The smallest absolute Gasteiger partial charge is 0.268 e. The highest BCUT2D eigenvalue weighted by Gasteiger charge is 2.19. The average Bonchev–Trinajstić information content (AvgIpc) is 3.61. The van der Waals surface area contributed by atoms with Crippen LogP contribution in [0.15, 0.2) is 91.0 Å². The summed E-state index contributed by atoms with van der Waals surface area (Å²) in [6.07, 6.45) is 0.218. The fourth-order valence-electron chi connectivity index (χ4n) is 4.26. The minimum absolute atomic E-state index is 0.121. The van der Waals surface area contributed by atoms with Crippen molar-refractivity contribution >= 4 is 51.7 Å². The molecule has 8 nitrogen and oxygen atoms in total. The highest BCUT2D eigenvalue weighted by atomic mass is 32.1. The molecule has 0 aliphatic rings. The van der Waals surface area contributed by atoms with Crippen molar-refractivity contribution in [2.75, 3.05) is 24.3 Å². The third kappa shape index (κ3) is 5.58. The van der Waals surface area contributed by atoms with E-state index >= 15 is 0 Å². The van der Waals surface area contributed by atoms with Crippen molar-refractivity contribution in [3.05, 3.63) is 101 Å². The molecule has 0 aliphatic carbocycles. The molecule has 2 N–H and O–H groups in total. The van der Waals surface area contributed by atoms with E-state index in [1.807, 2.05) is 71.3 Å². The molecule has 0 saturated carbocycles. The average molecular weight is 538 g/mol. The summed E-state index contributed by atoms with van der Waals surface area (Å²) >= 11 is 1.40. The first-order valence-corrected chi connectivity index (χ1v) is 13.3. The maximum atomic E-state index is 13.2. The van der Waals surface area contributed by atoms with Crippen LogP contribution in [0.3, 0.4) is 0 Å². The third-order valence-electron chi connectivity index (χ3n) is 6.40. The highest BCUT2D eigenvalue weighted by Crippen LogP contribution is 2.30. The van der Waals surface area contributed by atoms with Crippen molar-refractivity contribution in [2.45, 2.75) is 13.0 Å². The van der Waals surface area contributed by atoms with Crippen LogP contribution < -0.4 is 15.5 Å². The number of aryl methyl sites for hydroxylation is 1. The van der Waals surface area contributed by atoms with E-state index < -0.39 is 0 Å². The predicted octanol–water partition coefficient (Wildman–Crippen LogP) is 5.43. The highest BCUT2D eigenvalue weighted by molar-refractivity contribution is 7.17. The van der Waals surface area contributed by atoms with Gasteiger partial charge in [-0.2, -0.15) is 0 Å². The van der Waals surface area contributed by atoms with E-state index in [4.69, 9.17) is 0 Å². The lowest BCUT2D eigenvalue weighted by Crippen LogP contribution is -2.26. The van der Waals surface area contributed by atoms with Crippen LogP contribution in [-0.2, 0) is 11.3 Å². The molecular weight excluding hydrogens is 510 g/mol. The summed E-state index contributed by atoms with van der Waals surface area (Å²) in [7, 11) is 3.30. The first kappa shape index (κ1) is 25.9. The number of hydrogen-bond acceptors (Lipinski definition) is 5. The Bertz CT molecular complexity index is 1640. The summed E-state index contributed by atoms with van der Waals surface area (Å²) in [5.74, 6) is -0.211. The predicted molar refractivity (Wildman–Crippen MR) is 155 cm³/mol. The van der Waals surface area contributed by atoms with E-state index in [-0.39, 0.29) is 24.1 Å². The lowest BCUT2D eigenvalue weighted by molar-refractivity contribution is -0.120. The van der Waals surface area contributed by atoms with Gasteiger partial charge in [-0.25, -0.2) is 4.98 Å². The van der Waals surface area contributed by atoms with E-state index in [1.54, 1.807) is 43.3 Å². The zero-order chi connectivity index (χ0) is 27.4. The minimum atomic E-state index is -0.282. The zero-order valence-electron chi connectivity index (χ0n) is 21.5. The molecule has 0 saturated heterocycles. The number of nitrogens with one attached hydrogen (secondary N) is 2. The molecule has 2 heterocycles. The molecule has 0 radical (unpaired) electrons. The fourth-order valence-corrected chi connectivity index (χ4v) is 5.17. The van der Waals surface area contributed by atoms with Crippen molar-refractivity contribution in [2.24, 2.45) is 0 Å². The van der Waals surface area contributed by atoms with Crippen LogP contribution in [-0.4, -0.2) is 41.4 Å². The quantitative estimate of drug-likeness (QED) is 0.276. The van der Waals surface area contributed by atoms with Crippen LogP contribution in [0.4, 0.5) is 11.6 Å². The van der Waals surface area contributed by atoms with Gasteiger partial charge in [-0.3, -0.25) is 19.7 Å². The Morgan fingerprint density at radius 2 is 1.64 bits per heavy atom. The monoisotopic (exact) mass is 537 g/mol. The molecule has 9 heteroatoms. The molecule has 0 spiro atoms. The largest absolute Gasteiger partial charge is 0.359 e. The van der Waals surface area contributed by atoms with E-state index in [1.165, 1.54) is 11.3 Å². The Morgan fingerprint density at radius 1 is 0.923 bits per heavy atom. The molecule has 3 aromatic carbocycles. The molecule has 2 aromatic heterocycles. The third-order valence-corrected chi connectivity index (χ3v) is 7.53. The number of imidazole rings is 1. The molecule has 0 bridgehead atoms. The lowest BCUT2D eigenvalue weighted by atomic mass is 10.2. The van der Waals surface area contributed by atoms with Gasteiger partial charge in [-0.05, 0) is 48.0 Å². The molecule has 3 amide bonds. The van der Waals surface area contributed by atoms with Gasteiger partial charge < -0.3 is 14.8 Å². The number of carbonyl (C=O) groups excluding carboxylic acids is 3. The minimum Gasteiger partial charge on any atom is -0.359 e. The van der Waals surface area contributed by atoms with Gasteiger partial charge >= 0.3 is 0 Å². The molecule has 0 unspecified atom stereocenters. The van der Waals surface area contributed by atoms with Crippen molar-refractivity contribution < 1.29 is 14.4 Å². The Balaban J connectivity index is 1.44. The Morgan fingerprint density at radius 3 is 2.36 bits per heavy atom. The fraction of sp³-hybridized carbons (Fsp3) is 0.133. The normalized spacial score (nSPS) is 10.8. The van der Waals surface area contributed by atoms with E-state index in [0.717, 1.165) is 16.0 Å². The first-order chi connectivity index (χ1) is 18.9. The van der Waals surface area contributed by atoms with Crippen molar-refractivity contribution in [1.29, 1.82) is 0 Å². The number of anilines is 2. The summed E-state index contributed by atoms with van der Waals surface area (Å²) in [5.41, 5.74) is 3.63. The summed E-state index contributed by atoms with van der Waals surface area (Å²) in [6, 6.07) is 28.1. The molecule has 5 rings (SSSR count). The van der Waals surface area contributed by atoms with Crippen LogP contribution >= 0.6 is 11.3 Å². The number of aromatic nitrogens is 2. The van der Waals surface area contributed by atoms with Crippen LogP contribution in [0, 0.1) is 0 Å². The van der Waals surface area contributed by atoms with Crippen molar-refractivity contribution in [3.8, 4) is 10.4 Å². The Kier molecular flexibility index (Phi) is 7.51. The maximum Gasteiger partial charge on any atom is 0.268 e. The number of thiophene rings is 1. The van der Waals surface area contributed by atoms with Gasteiger partial charge in [0.1, 0.15) is 0 Å². The van der Waals surface area contributed by atoms with Crippen LogP contribution in [0.25, 0.3) is 21.5 Å². The molecule has 5 aromatic rings. The van der Waals surface area contributed by atoms with Gasteiger partial charge in [0.15, 0.2) is 0 Å². The number of rotatable bonds is 8. The van der Waals surface area contributed by atoms with Crippen LogP contribution in [0.1, 0.15) is 26.5 Å². The zero-order valence-corrected chi connectivity index (χ0v) is 22.4. The summed E-state index contributed by atoms with van der Waals surface area (Å²) in [6.45, 7) is 0.323. The number of nitrogens with zero attached hydrogens (tertiary/aromatic N) is 3. The first-order valence-electron chi connectivity index (χ1n) is 12.4. The number of hydrogen-bond donors (Lipinski definition) is 2. The number of fused-ring (bicyclic) bond motifs is 1. The van der Waals surface area contributed by atoms with Gasteiger partial charge in [0.25, 0.3) is 11.8 Å². The molecule has 0 fully saturated rings. The van der Waals surface area contributed by atoms with E-state index in [9.17, 15) is 14.4 Å². The maximum absolute atomic E-state index is 13.2. The number of amides is 3. The van der Waals surface area contributed by atoms with Crippen LogP contribution in [0.5, 0.6) is 0 Å². The van der Waals surface area contributed by atoms with Crippen LogP contribution in [0.2, 0.25) is 0 Å². The second-order valence-electron chi connectivity index (χ2n) is 8.90. The van der Waals surface area contributed by atoms with Gasteiger partial charge in [-0.15, -0.1) is 11.3 Å². The lowest BCUT2D eigenvalue weighted by Gasteiger charge is -2.17.